The van der Waals surface area contributed by atoms with E-state index < -0.39 is 0 Å². The van der Waals surface area contributed by atoms with Gasteiger partial charge in [0.1, 0.15) is 16.5 Å². The number of aryl methyl sites for hydroxylation is 2. The van der Waals surface area contributed by atoms with E-state index in [4.69, 9.17) is 4.98 Å². The van der Waals surface area contributed by atoms with E-state index in [0.717, 1.165) is 36.6 Å². The number of rotatable bonds is 7. The molecule has 132 valence electrons. The van der Waals surface area contributed by atoms with Crippen LogP contribution in [0.1, 0.15) is 37.8 Å². The number of anilines is 1. The second kappa shape index (κ2) is 7.96. The van der Waals surface area contributed by atoms with Crippen LogP contribution in [0.4, 0.5) is 5.82 Å². The fourth-order valence-corrected chi connectivity index (χ4v) is 4.07. The number of nitrogens with zero attached hydrogens (tertiary/aromatic N) is 3. The number of aromatic nitrogens is 2. The van der Waals surface area contributed by atoms with Crippen molar-refractivity contribution in [3.05, 3.63) is 53.7 Å². The fraction of sp³-hybridized carbons (Fsp3) is 0.381. The summed E-state index contributed by atoms with van der Waals surface area (Å²) in [6.45, 7) is 10.9. The second-order valence-electron chi connectivity index (χ2n) is 6.55. The van der Waals surface area contributed by atoms with Gasteiger partial charge in [0, 0.05) is 24.2 Å². The molecule has 0 saturated carbocycles. The minimum atomic E-state index is 1.02. The van der Waals surface area contributed by atoms with Gasteiger partial charge in [0.2, 0.25) is 0 Å². The summed E-state index contributed by atoms with van der Waals surface area (Å²) in [5, 5.41) is 1.05. The molecule has 0 bridgehead atoms. The minimum Gasteiger partial charge on any atom is -0.358 e. The number of pyridine rings is 1. The molecule has 0 fully saturated rings. The molecule has 0 amide bonds. The van der Waals surface area contributed by atoms with Gasteiger partial charge in [-0.2, -0.15) is 0 Å². The molecule has 0 aliphatic rings. The van der Waals surface area contributed by atoms with Gasteiger partial charge in [-0.05, 0) is 50.5 Å². The first-order valence-corrected chi connectivity index (χ1v) is 9.92. The molecule has 0 radical (unpaired) electrons. The maximum Gasteiger partial charge on any atom is 0.139 e. The van der Waals surface area contributed by atoms with Gasteiger partial charge in [0.25, 0.3) is 0 Å². The van der Waals surface area contributed by atoms with E-state index in [2.05, 4.69) is 79.6 Å². The van der Waals surface area contributed by atoms with Crippen LogP contribution in [0.25, 0.3) is 5.65 Å². The van der Waals surface area contributed by atoms with Crippen molar-refractivity contribution in [3.8, 4) is 0 Å². The van der Waals surface area contributed by atoms with Gasteiger partial charge < -0.3 is 4.90 Å². The Morgan fingerprint density at radius 2 is 1.80 bits per heavy atom. The molecular weight excluding hydrogens is 326 g/mol. The Morgan fingerprint density at radius 1 is 1.04 bits per heavy atom. The lowest BCUT2D eigenvalue weighted by atomic mass is 10.2. The summed E-state index contributed by atoms with van der Waals surface area (Å²) in [7, 11) is 0. The van der Waals surface area contributed by atoms with Gasteiger partial charge in [0.15, 0.2) is 0 Å². The van der Waals surface area contributed by atoms with E-state index in [-0.39, 0.29) is 0 Å². The molecule has 2 aromatic heterocycles. The van der Waals surface area contributed by atoms with Crippen molar-refractivity contribution < 1.29 is 0 Å². The van der Waals surface area contributed by atoms with E-state index in [0.29, 0.717) is 0 Å². The van der Waals surface area contributed by atoms with Crippen LogP contribution in [0.2, 0.25) is 0 Å². The maximum atomic E-state index is 4.83. The Hall–Kier alpha value is -1.94. The lowest BCUT2D eigenvalue weighted by molar-refractivity contribution is 0.729. The zero-order valence-electron chi connectivity index (χ0n) is 15.6. The first kappa shape index (κ1) is 17.9. The Balaban J connectivity index is 1.95. The molecule has 0 unspecified atom stereocenters. The van der Waals surface area contributed by atoms with Crippen LogP contribution in [0, 0.1) is 13.8 Å². The molecule has 25 heavy (non-hydrogen) atoms. The molecule has 4 heteroatoms. The van der Waals surface area contributed by atoms with Crippen molar-refractivity contribution in [2.45, 2.75) is 50.5 Å². The first-order chi connectivity index (χ1) is 12.1. The molecule has 0 aliphatic carbocycles. The third kappa shape index (κ3) is 4.01. The predicted molar refractivity (Wildman–Crippen MR) is 108 cm³/mol. The largest absolute Gasteiger partial charge is 0.358 e. The molecule has 0 aliphatic heterocycles. The van der Waals surface area contributed by atoms with Crippen LogP contribution < -0.4 is 4.90 Å². The normalized spacial score (nSPS) is 11.2. The quantitative estimate of drug-likeness (QED) is 0.541. The maximum absolute atomic E-state index is 4.83. The van der Waals surface area contributed by atoms with Gasteiger partial charge in [-0.3, -0.25) is 4.40 Å². The van der Waals surface area contributed by atoms with Crippen LogP contribution in [-0.4, -0.2) is 22.5 Å². The second-order valence-corrected chi connectivity index (χ2v) is 7.61. The highest BCUT2D eigenvalue weighted by Gasteiger charge is 2.12. The predicted octanol–water partition coefficient (Wildman–Crippen LogP) is 5.73. The third-order valence-corrected chi connectivity index (χ3v) is 5.39. The van der Waals surface area contributed by atoms with Gasteiger partial charge >= 0.3 is 0 Å². The summed E-state index contributed by atoms with van der Waals surface area (Å²) in [4.78, 5) is 8.57. The third-order valence-electron chi connectivity index (χ3n) is 4.30. The molecule has 1 aromatic carbocycles. The van der Waals surface area contributed by atoms with E-state index >= 15 is 0 Å². The van der Waals surface area contributed by atoms with Gasteiger partial charge in [-0.25, -0.2) is 4.98 Å². The van der Waals surface area contributed by atoms with Crippen LogP contribution in [0.15, 0.2) is 52.5 Å². The summed E-state index contributed by atoms with van der Waals surface area (Å²) >= 11 is 1.75. The summed E-state index contributed by atoms with van der Waals surface area (Å²) in [5.74, 6) is 1.24. The highest BCUT2D eigenvalue weighted by Crippen LogP contribution is 2.31. The highest BCUT2D eigenvalue weighted by atomic mass is 32.2. The SMILES string of the molecule is CCCN(CCC)c1cccc2nc(Sc3ccc(C)cc3C)cn12. The van der Waals surface area contributed by atoms with E-state index in [1.807, 2.05) is 0 Å². The molecule has 3 aromatic rings. The Bertz CT molecular complexity index is 847. The number of hydrogen-bond donors (Lipinski definition) is 0. The smallest absolute Gasteiger partial charge is 0.139 e. The van der Waals surface area contributed by atoms with Crippen molar-refractivity contribution in [2.75, 3.05) is 18.0 Å². The van der Waals surface area contributed by atoms with Crippen molar-refractivity contribution in [1.82, 2.24) is 9.38 Å². The number of imidazole rings is 1. The molecular formula is C21H27N3S. The molecule has 0 saturated heterocycles. The lowest BCUT2D eigenvalue weighted by Crippen LogP contribution is -2.26. The number of fused-ring (bicyclic) bond motifs is 1. The molecule has 0 atom stereocenters. The Morgan fingerprint density at radius 3 is 2.48 bits per heavy atom. The monoisotopic (exact) mass is 353 g/mol. The Labute approximate surface area is 155 Å². The van der Waals surface area contributed by atoms with Crippen molar-refractivity contribution in [2.24, 2.45) is 0 Å². The molecule has 3 nitrogen and oxygen atoms in total. The molecule has 3 rings (SSSR count). The lowest BCUT2D eigenvalue weighted by Gasteiger charge is -2.24. The first-order valence-electron chi connectivity index (χ1n) is 9.10. The summed E-state index contributed by atoms with van der Waals surface area (Å²) in [6.07, 6.45) is 4.47. The van der Waals surface area contributed by atoms with Crippen molar-refractivity contribution in [3.63, 3.8) is 0 Å². The van der Waals surface area contributed by atoms with Crippen LogP contribution >= 0.6 is 11.8 Å². The standard InChI is InChI=1S/C21H27N3S/c1-5-12-23(13-6-2)21-9-7-8-19-22-20(15-24(19)21)25-18-11-10-16(3)14-17(18)4/h7-11,14-15H,5-6,12-13H2,1-4H3. The van der Waals surface area contributed by atoms with E-state index in [1.165, 1.54) is 21.8 Å². The molecule has 2 heterocycles. The average molecular weight is 354 g/mol. The van der Waals surface area contributed by atoms with Gasteiger partial charge in [-0.15, -0.1) is 0 Å². The molecule has 0 spiro atoms. The van der Waals surface area contributed by atoms with Crippen LogP contribution in [0.3, 0.4) is 0 Å². The van der Waals surface area contributed by atoms with Gasteiger partial charge in [0.05, 0.1) is 0 Å². The summed E-state index contributed by atoms with van der Waals surface area (Å²) < 4.78 is 2.23. The van der Waals surface area contributed by atoms with Crippen molar-refractivity contribution in [1.29, 1.82) is 0 Å². The summed E-state index contributed by atoms with van der Waals surface area (Å²) in [6, 6.07) is 13.0. The molecule has 0 N–H and O–H groups in total. The van der Waals surface area contributed by atoms with Crippen LogP contribution in [-0.2, 0) is 0 Å². The fourth-order valence-electron chi connectivity index (χ4n) is 3.19. The van der Waals surface area contributed by atoms with Crippen molar-refractivity contribution >= 4 is 23.2 Å². The topological polar surface area (TPSA) is 20.5 Å². The van der Waals surface area contributed by atoms with E-state index in [9.17, 15) is 0 Å². The number of benzene rings is 1. The van der Waals surface area contributed by atoms with Crippen LogP contribution in [0.5, 0.6) is 0 Å². The zero-order chi connectivity index (χ0) is 17.8. The average Bonchev–Trinajstić information content (AvgIpc) is 3.00. The van der Waals surface area contributed by atoms with Gasteiger partial charge in [-0.1, -0.05) is 49.4 Å². The number of hydrogen-bond acceptors (Lipinski definition) is 3. The minimum absolute atomic E-state index is 1.02. The highest BCUT2D eigenvalue weighted by molar-refractivity contribution is 7.99. The summed E-state index contributed by atoms with van der Waals surface area (Å²) in [5.41, 5.74) is 3.62. The zero-order valence-corrected chi connectivity index (χ0v) is 16.4. The van der Waals surface area contributed by atoms with E-state index in [1.54, 1.807) is 11.8 Å². The Kier molecular flexibility index (Phi) is 5.69.